The number of nitrogens with zero attached hydrogens (tertiary/aromatic N) is 2. The Morgan fingerprint density at radius 1 is 1.35 bits per heavy atom. The first-order valence-electron chi connectivity index (χ1n) is 7.35. The van der Waals surface area contributed by atoms with Gasteiger partial charge in [0.05, 0.1) is 20.6 Å². The first kappa shape index (κ1) is 19.7. The summed E-state index contributed by atoms with van der Waals surface area (Å²) in [5.41, 5.74) is -0.0927. The number of pyridine rings is 1. The fourth-order valence-electron chi connectivity index (χ4n) is 1.83. The summed E-state index contributed by atoms with van der Waals surface area (Å²) in [5, 5.41) is 13.9. The van der Waals surface area contributed by atoms with Crippen LogP contribution in [-0.2, 0) is 14.3 Å². The maximum Gasteiger partial charge on any atom is 0.317 e. The zero-order valence-corrected chi connectivity index (χ0v) is 15.1. The van der Waals surface area contributed by atoms with Gasteiger partial charge in [-0.05, 0) is 25.1 Å². The molecule has 26 heavy (non-hydrogen) atoms. The maximum atomic E-state index is 12.0. The van der Waals surface area contributed by atoms with Gasteiger partial charge in [-0.1, -0.05) is 23.7 Å². The molecule has 8 nitrogen and oxygen atoms in total. The summed E-state index contributed by atoms with van der Waals surface area (Å²) in [6, 6.07) is 9.14. The molecule has 0 unspecified atom stereocenters. The molecule has 1 heterocycles. The summed E-state index contributed by atoms with van der Waals surface area (Å²) < 4.78 is 5.03. The highest BCUT2D eigenvalue weighted by Gasteiger charge is 2.20. The molecule has 0 aliphatic carbocycles. The van der Waals surface area contributed by atoms with Crippen molar-refractivity contribution in [2.45, 2.75) is 17.9 Å². The summed E-state index contributed by atoms with van der Waals surface area (Å²) in [6.07, 6.45) is 0.323. The van der Waals surface area contributed by atoms with E-state index in [-0.39, 0.29) is 17.3 Å². The van der Waals surface area contributed by atoms with Crippen molar-refractivity contribution in [3.05, 3.63) is 57.7 Å². The Morgan fingerprint density at radius 3 is 2.73 bits per heavy atom. The van der Waals surface area contributed by atoms with Gasteiger partial charge in [0, 0.05) is 12.3 Å². The molecule has 1 amide bonds. The Bertz CT molecular complexity index is 816. The minimum Gasteiger partial charge on any atom is -0.452 e. The zero-order valence-electron chi connectivity index (χ0n) is 13.5. The van der Waals surface area contributed by atoms with Crippen LogP contribution in [0, 0.1) is 10.1 Å². The highest BCUT2D eigenvalue weighted by molar-refractivity contribution is 8.00. The van der Waals surface area contributed by atoms with Gasteiger partial charge in [0.15, 0.2) is 6.10 Å². The van der Waals surface area contributed by atoms with Gasteiger partial charge >= 0.3 is 5.97 Å². The number of hydrogen-bond acceptors (Lipinski definition) is 7. The number of thioether (sulfide) groups is 1. The molecular formula is C16H14ClN3O5S. The van der Waals surface area contributed by atoms with Gasteiger partial charge in [-0.2, -0.15) is 0 Å². The fraction of sp³-hybridized carbons (Fsp3) is 0.188. The summed E-state index contributed by atoms with van der Waals surface area (Å²) in [7, 11) is 0. The molecule has 1 atom stereocenters. The average Bonchev–Trinajstić information content (AvgIpc) is 2.62. The number of carbonyl (C=O) groups excluding carboxylic acids is 2. The van der Waals surface area contributed by atoms with Crippen LogP contribution < -0.4 is 5.32 Å². The van der Waals surface area contributed by atoms with Crippen molar-refractivity contribution >= 4 is 46.7 Å². The number of amides is 1. The van der Waals surface area contributed by atoms with E-state index >= 15 is 0 Å². The third-order valence-electron chi connectivity index (χ3n) is 3.06. The predicted molar refractivity (Wildman–Crippen MR) is 97.3 cm³/mol. The standard InChI is InChI=1S/C16H14ClN3O5S/c1-10(16(22)19-14-7-6-11(17)8-18-14)25-15(21)9-26-13-5-3-2-4-12(13)20(23)24/h2-8,10H,9H2,1H3,(H,18,19,22)/t10-/m1/s1. The molecule has 0 fully saturated rings. The van der Waals surface area contributed by atoms with Crippen LogP contribution >= 0.6 is 23.4 Å². The molecule has 136 valence electrons. The second-order valence-corrected chi connectivity index (χ2v) is 6.45. The number of nitrogens with one attached hydrogen (secondary N) is 1. The van der Waals surface area contributed by atoms with Crippen molar-refractivity contribution in [1.29, 1.82) is 0 Å². The van der Waals surface area contributed by atoms with E-state index in [1.165, 1.54) is 31.3 Å². The summed E-state index contributed by atoms with van der Waals surface area (Å²) in [6.45, 7) is 1.42. The van der Waals surface area contributed by atoms with Crippen molar-refractivity contribution in [2.75, 3.05) is 11.1 Å². The highest BCUT2D eigenvalue weighted by Crippen LogP contribution is 2.28. The molecule has 0 spiro atoms. The van der Waals surface area contributed by atoms with E-state index in [0.717, 1.165) is 11.8 Å². The minimum absolute atomic E-state index is 0.0927. The first-order valence-corrected chi connectivity index (χ1v) is 8.71. The van der Waals surface area contributed by atoms with Gasteiger partial charge in [0.2, 0.25) is 0 Å². The number of anilines is 1. The van der Waals surface area contributed by atoms with Gasteiger partial charge in [0.1, 0.15) is 5.82 Å². The SMILES string of the molecule is C[C@@H](OC(=O)CSc1ccccc1[N+](=O)[O-])C(=O)Nc1ccc(Cl)cn1. The molecule has 2 aromatic rings. The number of ether oxygens (including phenoxy) is 1. The summed E-state index contributed by atoms with van der Waals surface area (Å²) >= 11 is 6.67. The topological polar surface area (TPSA) is 111 Å². The number of rotatable bonds is 7. The molecule has 0 saturated heterocycles. The maximum absolute atomic E-state index is 12.0. The summed E-state index contributed by atoms with van der Waals surface area (Å²) in [5.74, 6) is -1.11. The monoisotopic (exact) mass is 395 g/mol. The number of nitro benzene ring substituents is 1. The molecule has 2 rings (SSSR count). The summed E-state index contributed by atoms with van der Waals surface area (Å²) in [4.78, 5) is 38.5. The second kappa shape index (κ2) is 9.16. The molecule has 0 saturated carbocycles. The number of aromatic nitrogens is 1. The van der Waals surface area contributed by atoms with E-state index in [0.29, 0.717) is 9.92 Å². The van der Waals surface area contributed by atoms with E-state index in [4.69, 9.17) is 16.3 Å². The van der Waals surface area contributed by atoms with Crippen molar-refractivity contribution in [3.63, 3.8) is 0 Å². The van der Waals surface area contributed by atoms with Crippen molar-refractivity contribution < 1.29 is 19.2 Å². The van der Waals surface area contributed by atoms with Crippen LogP contribution in [0.25, 0.3) is 0 Å². The largest absolute Gasteiger partial charge is 0.452 e. The number of nitro groups is 1. The van der Waals surface area contributed by atoms with Crippen LogP contribution in [0.1, 0.15) is 6.92 Å². The number of para-hydroxylation sites is 1. The van der Waals surface area contributed by atoms with Crippen LogP contribution in [0.4, 0.5) is 11.5 Å². The number of esters is 1. The third-order valence-corrected chi connectivity index (χ3v) is 4.32. The van der Waals surface area contributed by atoms with Gasteiger partial charge in [-0.15, -0.1) is 11.8 Å². The normalized spacial score (nSPS) is 11.5. The van der Waals surface area contributed by atoms with Gasteiger partial charge in [-0.25, -0.2) is 4.98 Å². The van der Waals surface area contributed by atoms with Crippen LogP contribution in [0.3, 0.4) is 0 Å². The molecule has 0 bridgehead atoms. The van der Waals surface area contributed by atoms with Gasteiger partial charge < -0.3 is 10.1 Å². The minimum atomic E-state index is -1.05. The molecule has 0 aliphatic rings. The lowest BCUT2D eigenvalue weighted by Crippen LogP contribution is -2.30. The van der Waals surface area contributed by atoms with Crippen molar-refractivity contribution in [3.8, 4) is 0 Å². The van der Waals surface area contributed by atoms with E-state index in [1.807, 2.05) is 0 Å². The Hall–Kier alpha value is -2.65. The second-order valence-electron chi connectivity index (χ2n) is 5.00. The fourth-order valence-corrected chi connectivity index (χ4v) is 2.75. The lowest BCUT2D eigenvalue weighted by Gasteiger charge is -2.13. The van der Waals surface area contributed by atoms with E-state index in [2.05, 4.69) is 10.3 Å². The van der Waals surface area contributed by atoms with Crippen molar-refractivity contribution in [2.24, 2.45) is 0 Å². The zero-order chi connectivity index (χ0) is 19.1. The smallest absolute Gasteiger partial charge is 0.317 e. The van der Waals surface area contributed by atoms with Gasteiger partial charge in [-0.3, -0.25) is 19.7 Å². The number of benzene rings is 1. The molecule has 0 radical (unpaired) electrons. The predicted octanol–water partition coefficient (Wildman–Crippen LogP) is 3.31. The molecule has 1 N–H and O–H groups in total. The molecule has 10 heteroatoms. The third kappa shape index (κ3) is 5.71. The Labute approximate surface area is 158 Å². The highest BCUT2D eigenvalue weighted by atomic mass is 35.5. The van der Waals surface area contributed by atoms with Crippen LogP contribution in [0.5, 0.6) is 0 Å². The molecule has 1 aromatic carbocycles. The quantitative estimate of drug-likeness (QED) is 0.331. The van der Waals surface area contributed by atoms with Crippen molar-refractivity contribution in [1.82, 2.24) is 4.98 Å². The Morgan fingerprint density at radius 2 is 2.08 bits per heavy atom. The Balaban J connectivity index is 1.86. The van der Waals surface area contributed by atoms with E-state index in [9.17, 15) is 19.7 Å². The lowest BCUT2D eigenvalue weighted by molar-refractivity contribution is -0.387. The lowest BCUT2D eigenvalue weighted by atomic mass is 10.3. The van der Waals surface area contributed by atoms with E-state index < -0.39 is 22.9 Å². The van der Waals surface area contributed by atoms with Gasteiger partial charge in [0.25, 0.3) is 11.6 Å². The van der Waals surface area contributed by atoms with E-state index in [1.54, 1.807) is 18.2 Å². The first-order chi connectivity index (χ1) is 12.4. The molecule has 1 aromatic heterocycles. The van der Waals surface area contributed by atoms with Crippen LogP contribution in [0.15, 0.2) is 47.5 Å². The van der Waals surface area contributed by atoms with Crippen LogP contribution in [0.2, 0.25) is 5.02 Å². The van der Waals surface area contributed by atoms with Crippen LogP contribution in [-0.4, -0.2) is 33.6 Å². The number of hydrogen-bond donors (Lipinski definition) is 1. The molecule has 0 aliphatic heterocycles. The average molecular weight is 396 g/mol. The molecular weight excluding hydrogens is 382 g/mol. The Kier molecular flexibility index (Phi) is 6.93. The number of halogens is 1. The number of carbonyl (C=O) groups is 2.